The molecule has 1 unspecified atom stereocenters. The number of fused-ring (bicyclic) bond motifs is 1. The Bertz CT molecular complexity index is 1110. The number of halogens is 2. The summed E-state index contributed by atoms with van der Waals surface area (Å²) in [5, 5.41) is 1.77. The van der Waals surface area contributed by atoms with Gasteiger partial charge < -0.3 is 4.74 Å². The van der Waals surface area contributed by atoms with Crippen LogP contribution in [0.2, 0.25) is 5.02 Å². The van der Waals surface area contributed by atoms with Gasteiger partial charge in [0.1, 0.15) is 11.6 Å². The van der Waals surface area contributed by atoms with Gasteiger partial charge in [-0.25, -0.2) is 12.8 Å². The van der Waals surface area contributed by atoms with Crippen molar-refractivity contribution < 1.29 is 17.5 Å². The van der Waals surface area contributed by atoms with Crippen molar-refractivity contribution in [1.82, 2.24) is 4.31 Å². The summed E-state index contributed by atoms with van der Waals surface area (Å²) in [5.41, 5.74) is 1.81. The summed E-state index contributed by atoms with van der Waals surface area (Å²) in [6, 6.07) is 12.4. The van der Waals surface area contributed by atoms with Crippen LogP contribution in [0.1, 0.15) is 22.0 Å². The molecule has 8 heteroatoms. The maximum atomic E-state index is 13.5. The van der Waals surface area contributed by atoms with E-state index in [9.17, 15) is 12.8 Å². The number of benzene rings is 2. The molecule has 28 heavy (non-hydrogen) atoms. The number of hydrogen-bond acceptors (Lipinski definition) is 4. The molecule has 4 nitrogen and oxygen atoms in total. The predicted molar refractivity (Wildman–Crippen MR) is 108 cm³/mol. The summed E-state index contributed by atoms with van der Waals surface area (Å²) < 4.78 is 47.1. The van der Waals surface area contributed by atoms with Crippen molar-refractivity contribution in [2.45, 2.75) is 17.4 Å². The van der Waals surface area contributed by atoms with E-state index in [2.05, 4.69) is 0 Å². The Hall–Kier alpha value is -1.93. The van der Waals surface area contributed by atoms with E-state index < -0.39 is 21.9 Å². The molecule has 0 radical (unpaired) electrons. The number of sulfonamides is 1. The summed E-state index contributed by atoms with van der Waals surface area (Å²) >= 11 is 7.47. The van der Waals surface area contributed by atoms with Gasteiger partial charge in [0.2, 0.25) is 10.0 Å². The van der Waals surface area contributed by atoms with E-state index in [1.807, 2.05) is 35.7 Å². The van der Waals surface area contributed by atoms with Crippen LogP contribution in [0.3, 0.4) is 0 Å². The molecule has 1 aliphatic rings. The fourth-order valence-electron chi connectivity index (χ4n) is 3.46. The zero-order chi connectivity index (χ0) is 19.9. The summed E-state index contributed by atoms with van der Waals surface area (Å²) in [4.78, 5) is 1.15. The molecule has 0 fully saturated rings. The van der Waals surface area contributed by atoms with Gasteiger partial charge in [-0.15, -0.1) is 11.3 Å². The minimum atomic E-state index is -3.88. The molecule has 2 aromatic carbocycles. The van der Waals surface area contributed by atoms with Gasteiger partial charge in [0.05, 0.1) is 23.1 Å². The van der Waals surface area contributed by atoms with Crippen LogP contribution in [-0.2, 0) is 16.4 Å². The third kappa shape index (κ3) is 3.33. The van der Waals surface area contributed by atoms with E-state index in [0.717, 1.165) is 17.2 Å². The zero-order valence-corrected chi connectivity index (χ0v) is 17.3. The van der Waals surface area contributed by atoms with Crippen LogP contribution in [0.15, 0.2) is 58.8 Å². The van der Waals surface area contributed by atoms with Gasteiger partial charge in [-0.1, -0.05) is 23.7 Å². The highest BCUT2D eigenvalue weighted by Crippen LogP contribution is 2.41. The van der Waals surface area contributed by atoms with E-state index >= 15 is 0 Å². The van der Waals surface area contributed by atoms with Crippen molar-refractivity contribution in [3.63, 3.8) is 0 Å². The summed E-state index contributed by atoms with van der Waals surface area (Å²) in [6.07, 6.45) is 0.633. The second-order valence-corrected chi connectivity index (χ2v) is 9.71. The van der Waals surface area contributed by atoms with Gasteiger partial charge in [-0.3, -0.25) is 0 Å². The first-order valence-electron chi connectivity index (χ1n) is 8.59. The Morgan fingerprint density at radius 2 is 1.93 bits per heavy atom. The van der Waals surface area contributed by atoms with E-state index in [1.165, 1.54) is 21.3 Å². The van der Waals surface area contributed by atoms with Crippen molar-refractivity contribution in [2.24, 2.45) is 0 Å². The standard InChI is InChI=1S/C20H17ClFNO3S2/c1-26-14-4-2-13(3-5-14)20-16-9-11-27-19(16)8-10-23(20)28(24,25)15-6-7-18(22)17(21)12-15/h2-7,9,11-12,20H,8,10H2,1H3. The van der Waals surface area contributed by atoms with Crippen molar-refractivity contribution in [3.05, 3.63) is 80.8 Å². The van der Waals surface area contributed by atoms with E-state index in [4.69, 9.17) is 16.3 Å². The molecule has 0 aliphatic carbocycles. The summed E-state index contributed by atoms with van der Waals surface area (Å²) in [7, 11) is -2.29. The number of rotatable bonds is 4. The molecule has 1 atom stereocenters. The molecule has 4 rings (SSSR count). The Morgan fingerprint density at radius 1 is 1.18 bits per heavy atom. The van der Waals surface area contributed by atoms with Gasteiger partial charge >= 0.3 is 0 Å². The van der Waals surface area contributed by atoms with Crippen molar-refractivity contribution >= 4 is 33.0 Å². The first kappa shape index (κ1) is 19.4. The molecule has 146 valence electrons. The van der Waals surface area contributed by atoms with Crippen LogP contribution in [0.5, 0.6) is 5.75 Å². The molecule has 0 saturated carbocycles. The summed E-state index contributed by atoms with van der Waals surface area (Å²) in [5.74, 6) is 0.0518. The zero-order valence-electron chi connectivity index (χ0n) is 14.9. The lowest BCUT2D eigenvalue weighted by Gasteiger charge is -2.35. The lowest BCUT2D eigenvalue weighted by molar-refractivity contribution is 0.346. The van der Waals surface area contributed by atoms with Crippen LogP contribution in [0.4, 0.5) is 4.39 Å². The monoisotopic (exact) mass is 437 g/mol. The van der Waals surface area contributed by atoms with Crippen LogP contribution < -0.4 is 4.74 Å². The van der Waals surface area contributed by atoms with Gasteiger partial charge in [-0.05, 0) is 59.3 Å². The minimum Gasteiger partial charge on any atom is -0.497 e. The van der Waals surface area contributed by atoms with Gasteiger partial charge in [0.25, 0.3) is 0 Å². The molecule has 0 bridgehead atoms. The maximum absolute atomic E-state index is 13.5. The predicted octanol–water partition coefficient (Wildman–Crippen LogP) is 4.89. The molecule has 1 aromatic heterocycles. The third-order valence-electron chi connectivity index (χ3n) is 4.85. The van der Waals surface area contributed by atoms with Gasteiger partial charge in [0.15, 0.2) is 0 Å². The smallest absolute Gasteiger partial charge is 0.244 e. The molecule has 0 N–H and O–H groups in total. The molecule has 0 spiro atoms. The number of methoxy groups -OCH3 is 1. The van der Waals surface area contributed by atoms with Crippen LogP contribution >= 0.6 is 22.9 Å². The van der Waals surface area contributed by atoms with Crippen LogP contribution in [0, 0.1) is 5.82 Å². The molecule has 3 aromatic rings. The normalized spacial score (nSPS) is 17.3. The minimum absolute atomic E-state index is 0.0175. The topological polar surface area (TPSA) is 46.6 Å². The second kappa shape index (κ2) is 7.48. The Morgan fingerprint density at radius 3 is 2.61 bits per heavy atom. The summed E-state index contributed by atoms with van der Waals surface area (Å²) in [6.45, 7) is 0.335. The quantitative estimate of drug-likeness (QED) is 0.584. The molecular weight excluding hydrogens is 421 g/mol. The number of hydrogen-bond donors (Lipinski definition) is 0. The molecule has 2 heterocycles. The average Bonchev–Trinajstić information content (AvgIpc) is 3.18. The molecule has 0 amide bonds. The molecule has 0 saturated heterocycles. The van der Waals surface area contributed by atoms with Crippen LogP contribution in [-0.4, -0.2) is 26.4 Å². The largest absolute Gasteiger partial charge is 0.497 e. The Balaban J connectivity index is 1.82. The molecular formula is C20H17ClFNO3S2. The fraction of sp³-hybridized carbons (Fsp3) is 0.200. The van der Waals surface area contributed by atoms with E-state index in [1.54, 1.807) is 18.4 Å². The number of nitrogens with zero attached hydrogens (tertiary/aromatic N) is 1. The Labute approximate surface area is 172 Å². The highest BCUT2D eigenvalue weighted by molar-refractivity contribution is 7.89. The van der Waals surface area contributed by atoms with E-state index in [0.29, 0.717) is 18.7 Å². The lowest BCUT2D eigenvalue weighted by atomic mass is 9.95. The van der Waals surface area contributed by atoms with Gasteiger partial charge in [-0.2, -0.15) is 4.31 Å². The Kier molecular flexibility index (Phi) is 5.18. The molecule has 1 aliphatic heterocycles. The first-order valence-corrected chi connectivity index (χ1v) is 11.3. The van der Waals surface area contributed by atoms with Crippen LogP contribution in [0.25, 0.3) is 0 Å². The van der Waals surface area contributed by atoms with Crippen molar-refractivity contribution in [1.29, 1.82) is 0 Å². The number of ether oxygens (including phenoxy) is 1. The van der Waals surface area contributed by atoms with Gasteiger partial charge in [0, 0.05) is 11.4 Å². The third-order valence-corrected chi connectivity index (χ3v) is 8.00. The SMILES string of the molecule is COc1ccc(C2c3ccsc3CCN2S(=O)(=O)c2ccc(F)c(Cl)c2)cc1. The highest BCUT2D eigenvalue weighted by Gasteiger charge is 2.38. The first-order chi connectivity index (χ1) is 13.4. The van der Waals surface area contributed by atoms with Crippen molar-refractivity contribution in [2.75, 3.05) is 13.7 Å². The second-order valence-electron chi connectivity index (χ2n) is 6.42. The fourth-order valence-corrected chi connectivity index (χ4v) is 6.23. The average molecular weight is 438 g/mol. The maximum Gasteiger partial charge on any atom is 0.244 e. The van der Waals surface area contributed by atoms with Crippen molar-refractivity contribution in [3.8, 4) is 5.75 Å². The van der Waals surface area contributed by atoms with E-state index in [-0.39, 0.29) is 9.92 Å². The highest BCUT2D eigenvalue weighted by atomic mass is 35.5. The number of thiophene rings is 1. The lowest BCUT2D eigenvalue weighted by Crippen LogP contribution is -2.40.